The number of rotatable bonds is 8. The third kappa shape index (κ3) is 5.72. The second-order valence-electron chi connectivity index (χ2n) is 8.22. The molecule has 4 rings (SSSR count). The molecule has 1 fully saturated rings. The van der Waals surface area contributed by atoms with Gasteiger partial charge in [-0.25, -0.2) is 4.68 Å². The number of methoxy groups -OCH3 is 2. The predicted octanol–water partition coefficient (Wildman–Crippen LogP) is 5.41. The number of aromatic hydroxyl groups is 1. The molecule has 1 saturated carbocycles. The molecule has 7 heteroatoms. The van der Waals surface area contributed by atoms with Crippen molar-refractivity contribution in [3.8, 4) is 22.8 Å². The molecule has 0 amide bonds. The normalized spacial score (nSPS) is 15.4. The Morgan fingerprint density at radius 1 is 1.09 bits per heavy atom. The maximum absolute atomic E-state index is 9.86. The van der Waals surface area contributed by atoms with Gasteiger partial charge < -0.3 is 14.6 Å². The Kier molecular flexibility index (Phi) is 7.96. The van der Waals surface area contributed by atoms with E-state index >= 15 is 0 Å². The molecular weight excluding hydrogens is 434 g/mol. The van der Waals surface area contributed by atoms with Crippen molar-refractivity contribution in [3.05, 3.63) is 63.8 Å². The number of aromatic nitrogens is 1. The molecule has 1 aromatic heterocycles. The third-order valence-electron chi connectivity index (χ3n) is 6.04. The fourth-order valence-corrected chi connectivity index (χ4v) is 5.08. The standard InChI is InChI=1S/C26H31N3O3S/c1-31-15-14-27-26-29(28-17-19-8-13-24(30)25(16-19)32-2)23(18-33-26)22-11-9-21(10-12-22)20-6-4-3-5-7-20/h8-13,16-18,20,30H,3-7,14-15H2,1-2H3. The van der Waals surface area contributed by atoms with E-state index in [2.05, 4.69) is 34.6 Å². The van der Waals surface area contributed by atoms with Crippen molar-refractivity contribution >= 4 is 17.6 Å². The highest BCUT2D eigenvalue weighted by atomic mass is 32.1. The van der Waals surface area contributed by atoms with E-state index in [9.17, 15) is 5.11 Å². The average molecular weight is 466 g/mol. The minimum absolute atomic E-state index is 0.104. The van der Waals surface area contributed by atoms with Crippen LogP contribution in [0.2, 0.25) is 0 Å². The number of thiazole rings is 1. The van der Waals surface area contributed by atoms with Crippen molar-refractivity contribution in [2.24, 2.45) is 10.1 Å². The zero-order chi connectivity index (χ0) is 23.0. The van der Waals surface area contributed by atoms with Crippen LogP contribution in [0.15, 0.2) is 57.9 Å². The second-order valence-corrected chi connectivity index (χ2v) is 9.06. The summed E-state index contributed by atoms with van der Waals surface area (Å²) < 4.78 is 12.2. The number of benzene rings is 2. The number of hydrogen-bond acceptors (Lipinski definition) is 6. The monoisotopic (exact) mass is 465 g/mol. The van der Waals surface area contributed by atoms with Crippen molar-refractivity contribution in [1.29, 1.82) is 0 Å². The van der Waals surface area contributed by atoms with Gasteiger partial charge in [-0.3, -0.25) is 4.99 Å². The number of hydrogen-bond donors (Lipinski definition) is 1. The minimum atomic E-state index is 0.104. The van der Waals surface area contributed by atoms with Crippen LogP contribution in [0, 0.1) is 0 Å². The highest BCUT2D eigenvalue weighted by Crippen LogP contribution is 2.33. The third-order valence-corrected chi connectivity index (χ3v) is 6.89. The Bertz CT molecular complexity index is 1140. The quantitative estimate of drug-likeness (QED) is 0.357. The summed E-state index contributed by atoms with van der Waals surface area (Å²) in [5, 5.41) is 16.7. The van der Waals surface area contributed by atoms with E-state index in [0.717, 1.165) is 21.6 Å². The van der Waals surface area contributed by atoms with E-state index in [0.29, 0.717) is 24.8 Å². The first-order chi connectivity index (χ1) is 16.2. The van der Waals surface area contributed by atoms with Gasteiger partial charge in [0.1, 0.15) is 0 Å². The minimum Gasteiger partial charge on any atom is -0.504 e. The maximum atomic E-state index is 9.86. The number of phenols is 1. The van der Waals surface area contributed by atoms with Gasteiger partial charge in [0.2, 0.25) is 4.80 Å². The molecule has 0 aliphatic heterocycles. The highest BCUT2D eigenvalue weighted by molar-refractivity contribution is 7.07. The molecule has 0 bridgehead atoms. The molecule has 6 nitrogen and oxygen atoms in total. The predicted molar refractivity (Wildman–Crippen MR) is 134 cm³/mol. The Labute approximate surface area is 198 Å². The smallest absolute Gasteiger partial charge is 0.206 e. The van der Waals surface area contributed by atoms with Crippen molar-refractivity contribution in [3.63, 3.8) is 0 Å². The van der Waals surface area contributed by atoms with E-state index in [-0.39, 0.29) is 5.75 Å². The summed E-state index contributed by atoms with van der Waals surface area (Å²) in [5.74, 6) is 1.20. The lowest BCUT2D eigenvalue weighted by Crippen LogP contribution is -2.13. The highest BCUT2D eigenvalue weighted by Gasteiger charge is 2.16. The summed E-state index contributed by atoms with van der Waals surface area (Å²) in [4.78, 5) is 5.48. The van der Waals surface area contributed by atoms with Crippen LogP contribution in [0.4, 0.5) is 0 Å². The first kappa shape index (κ1) is 23.3. The van der Waals surface area contributed by atoms with E-state index in [4.69, 9.17) is 14.6 Å². The molecule has 1 heterocycles. The average Bonchev–Trinajstić information content (AvgIpc) is 3.27. The van der Waals surface area contributed by atoms with Crippen LogP contribution in [0.1, 0.15) is 49.1 Å². The lowest BCUT2D eigenvalue weighted by atomic mass is 9.84. The van der Waals surface area contributed by atoms with Gasteiger partial charge in [0.25, 0.3) is 0 Å². The fraction of sp³-hybridized carbons (Fsp3) is 0.385. The van der Waals surface area contributed by atoms with Crippen LogP contribution in [0.5, 0.6) is 11.5 Å². The van der Waals surface area contributed by atoms with Crippen molar-refractivity contribution in [1.82, 2.24) is 4.68 Å². The molecule has 0 radical (unpaired) electrons. The lowest BCUT2D eigenvalue weighted by molar-refractivity contribution is 0.207. The zero-order valence-corrected chi connectivity index (χ0v) is 20.1. The second kappa shape index (κ2) is 11.3. The Morgan fingerprint density at radius 3 is 2.61 bits per heavy atom. The molecule has 33 heavy (non-hydrogen) atoms. The van der Waals surface area contributed by atoms with Crippen LogP contribution in [0.3, 0.4) is 0 Å². The zero-order valence-electron chi connectivity index (χ0n) is 19.2. The van der Waals surface area contributed by atoms with Gasteiger partial charge in [-0.15, -0.1) is 11.3 Å². The molecule has 0 unspecified atom stereocenters. The van der Waals surface area contributed by atoms with E-state index in [1.54, 1.807) is 42.9 Å². The number of nitrogens with zero attached hydrogens (tertiary/aromatic N) is 3. The molecule has 3 aromatic rings. The first-order valence-electron chi connectivity index (χ1n) is 11.4. The van der Waals surface area contributed by atoms with E-state index in [1.807, 2.05) is 4.68 Å². The van der Waals surface area contributed by atoms with Crippen molar-refractivity contribution in [2.45, 2.75) is 38.0 Å². The van der Waals surface area contributed by atoms with Gasteiger partial charge in [0.15, 0.2) is 11.5 Å². The molecule has 1 aliphatic rings. The lowest BCUT2D eigenvalue weighted by Gasteiger charge is -2.22. The molecule has 0 saturated heterocycles. The van der Waals surface area contributed by atoms with E-state index < -0.39 is 0 Å². The molecular formula is C26H31N3O3S. The number of phenolic OH excluding ortho intramolecular Hbond substituents is 1. The van der Waals surface area contributed by atoms with Gasteiger partial charge in [0.05, 0.1) is 32.2 Å². The molecule has 0 atom stereocenters. The summed E-state index contributed by atoms with van der Waals surface area (Å²) in [6.45, 7) is 1.13. The number of ether oxygens (including phenoxy) is 2. The Hall–Kier alpha value is -2.90. The van der Waals surface area contributed by atoms with Gasteiger partial charge in [0, 0.05) is 18.1 Å². The molecule has 1 aliphatic carbocycles. The summed E-state index contributed by atoms with van der Waals surface area (Å²) >= 11 is 1.56. The summed E-state index contributed by atoms with van der Waals surface area (Å²) in [5.41, 5.74) is 4.36. The van der Waals surface area contributed by atoms with Crippen LogP contribution >= 0.6 is 11.3 Å². The van der Waals surface area contributed by atoms with Gasteiger partial charge >= 0.3 is 0 Å². The van der Waals surface area contributed by atoms with Gasteiger partial charge in [-0.1, -0.05) is 43.5 Å². The summed E-state index contributed by atoms with van der Waals surface area (Å²) in [6.07, 6.45) is 8.37. The molecule has 0 spiro atoms. The SMILES string of the molecule is COCCN=c1scc(-c2ccc(C3CCCCC3)cc2)n1N=Cc1ccc(O)c(OC)c1. The largest absolute Gasteiger partial charge is 0.504 e. The summed E-state index contributed by atoms with van der Waals surface area (Å²) in [7, 11) is 3.21. The van der Waals surface area contributed by atoms with Gasteiger partial charge in [-0.05, 0) is 48.1 Å². The Morgan fingerprint density at radius 2 is 1.88 bits per heavy atom. The van der Waals surface area contributed by atoms with Crippen LogP contribution in [0.25, 0.3) is 11.3 Å². The topological polar surface area (TPSA) is 68.3 Å². The summed E-state index contributed by atoms with van der Waals surface area (Å²) in [6, 6.07) is 14.1. The van der Waals surface area contributed by atoms with E-state index in [1.165, 1.54) is 44.8 Å². The molecule has 2 aromatic carbocycles. The van der Waals surface area contributed by atoms with Crippen molar-refractivity contribution in [2.75, 3.05) is 27.4 Å². The molecule has 174 valence electrons. The maximum Gasteiger partial charge on any atom is 0.206 e. The Balaban J connectivity index is 1.66. The fourth-order valence-electron chi connectivity index (χ4n) is 4.21. The van der Waals surface area contributed by atoms with Crippen LogP contribution < -0.4 is 9.54 Å². The van der Waals surface area contributed by atoms with Crippen LogP contribution in [-0.4, -0.2) is 43.4 Å². The van der Waals surface area contributed by atoms with Gasteiger partial charge in [-0.2, -0.15) is 5.10 Å². The first-order valence-corrected chi connectivity index (χ1v) is 12.3. The van der Waals surface area contributed by atoms with Crippen LogP contribution in [-0.2, 0) is 4.74 Å². The van der Waals surface area contributed by atoms with Crippen molar-refractivity contribution < 1.29 is 14.6 Å². The molecule has 1 N–H and O–H groups in total.